The van der Waals surface area contributed by atoms with Crippen molar-refractivity contribution in [3.63, 3.8) is 0 Å². The Labute approximate surface area is 204 Å². The summed E-state index contributed by atoms with van der Waals surface area (Å²) in [6.07, 6.45) is 8.44. The van der Waals surface area contributed by atoms with Crippen LogP contribution in [-0.4, -0.2) is 42.4 Å². The third-order valence-electron chi connectivity index (χ3n) is 6.34. The van der Waals surface area contributed by atoms with Crippen molar-refractivity contribution in [2.75, 3.05) is 6.61 Å². The van der Waals surface area contributed by atoms with Crippen LogP contribution in [0.4, 0.5) is 0 Å². The zero-order valence-corrected chi connectivity index (χ0v) is 19.5. The van der Waals surface area contributed by atoms with Crippen LogP contribution < -0.4 is 4.74 Å². The summed E-state index contributed by atoms with van der Waals surface area (Å²) in [5.74, 6) is 9.07. The smallest absolute Gasteiger partial charge is 0.138 e. The largest absolute Gasteiger partial charge is 0.490 e. The van der Waals surface area contributed by atoms with Crippen molar-refractivity contribution in [1.29, 1.82) is 0 Å². The molecule has 2 heterocycles. The number of imidazole rings is 2. The standard InChI is InChI=1S/C28H28N4O3/c1-19(34)28-31-14-15-32(28)24(18-33)9-4-20-2-5-21(6-3-20)22-7-10-25(11-8-22)35-26-16-23(17-26)27-29-12-13-30-27/h2-3,5-8,10-15,19,23-24,26,33-34H,16-18H2,1H3,(H,29,30)/t19-,23?,24-,26?/m0/s1. The van der Waals surface area contributed by atoms with Gasteiger partial charge in [0.25, 0.3) is 0 Å². The van der Waals surface area contributed by atoms with Crippen molar-refractivity contribution in [2.45, 2.75) is 43.9 Å². The van der Waals surface area contributed by atoms with E-state index in [1.807, 2.05) is 42.6 Å². The number of aliphatic hydroxyl groups is 2. The Balaban J connectivity index is 1.20. The molecule has 0 saturated heterocycles. The number of nitrogens with one attached hydrogen (secondary N) is 1. The number of aromatic amines is 1. The fourth-order valence-electron chi connectivity index (χ4n) is 4.33. The van der Waals surface area contributed by atoms with E-state index in [4.69, 9.17) is 4.74 Å². The molecule has 7 nitrogen and oxygen atoms in total. The molecule has 178 valence electrons. The van der Waals surface area contributed by atoms with E-state index in [0.29, 0.717) is 11.7 Å². The van der Waals surface area contributed by atoms with Crippen molar-refractivity contribution in [2.24, 2.45) is 0 Å². The molecule has 1 aliphatic carbocycles. The Morgan fingerprint density at radius 2 is 1.77 bits per heavy atom. The van der Waals surface area contributed by atoms with Gasteiger partial charge in [0.15, 0.2) is 0 Å². The van der Waals surface area contributed by atoms with Gasteiger partial charge in [0, 0.05) is 36.3 Å². The van der Waals surface area contributed by atoms with Crippen LogP contribution in [0.1, 0.15) is 55.0 Å². The molecule has 1 aliphatic rings. The molecular weight excluding hydrogens is 440 g/mol. The van der Waals surface area contributed by atoms with Gasteiger partial charge in [-0.25, -0.2) is 9.97 Å². The van der Waals surface area contributed by atoms with Crippen LogP contribution in [0.2, 0.25) is 0 Å². The van der Waals surface area contributed by atoms with Gasteiger partial charge in [0.05, 0.1) is 6.61 Å². The summed E-state index contributed by atoms with van der Waals surface area (Å²) in [5, 5.41) is 19.6. The first-order valence-corrected chi connectivity index (χ1v) is 11.8. The van der Waals surface area contributed by atoms with Gasteiger partial charge in [0.1, 0.15) is 35.6 Å². The first-order chi connectivity index (χ1) is 17.1. The second-order valence-corrected chi connectivity index (χ2v) is 8.82. The van der Waals surface area contributed by atoms with E-state index in [2.05, 4.69) is 38.9 Å². The molecule has 1 saturated carbocycles. The zero-order valence-electron chi connectivity index (χ0n) is 19.5. The third-order valence-corrected chi connectivity index (χ3v) is 6.34. The Morgan fingerprint density at radius 3 is 2.40 bits per heavy atom. The van der Waals surface area contributed by atoms with Gasteiger partial charge in [-0.2, -0.15) is 0 Å². The number of hydrogen-bond acceptors (Lipinski definition) is 5. The lowest BCUT2D eigenvalue weighted by Crippen LogP contribution is -2.32. The second kappa shape index (κ2) is 10.2. The number of aliphatic hydroxyl groups excluding tert-OH is 2. The molecule has 0 bridgehead atoms. The van der Waals surface area contributed by atoms with Gasteiger partial charge in [-0.1, -0.05) is 36.1 Å². The Bertz CT molecular complexity index is 1290. The van der Waals surface area contributed by atoms with E-state index in [1.165, 1.54) is 0 Å². The van der Waals surface area contributed by atoms with Crippen LogP contribution >= 0.6 is 0 Å². The van der Waals surface area contributed by atoms with Crippen molar-refractivity contribution < 1.29 is 14.9 Å². The lowest BCUT2D eigenvalue weighted by atomic mass is 9.81. The number of nitrogens with zero attached hydrogens (tertiary/aromatic N) is 3. The van der Waals surface area contributed by atoms with E-state index in [9.17, 15) is 10.2 Å². The molecular formula is C28H28N4O3. The van der Waals surface area contributed by atoms with Crippen LogP contribution in [-0.2, 0) is 0 Å². The van der Waals surface area contributed by atoms with Crippen molar-refractivity contribution in [3.8, 4) is 28.7 Å². The number of hydrogen-bond donors (Lipinski definition) is 3. The fraction of sp³-hybridized carbons (Fsp3) is 0.286. The van der Waals surface area contributed by atoms with Crippen LogP contribution in [0.3, 0.4) is 0 Å². The summed E-state index contributed by atoms with van der Waals surface area (Å²) in [7, 11) is 0. The van der Waals surface area contributed by atoms with E-state index < -0.39 is 12.1 Å². The Morgan fingerprint density at radius 1 is 1.06 bits per heavy atom. The summed E-state index contributed by atoms with van der Waals surface area (Å²) in [6.45, 7) is 1.48. The molecule has 5 rings (SSSR count). The molecule has 0 radical (unpaired) electrons. The molecule has 4 aromatic rings. The molecule has 7 heteroatoms. The number of benzene rings is 2. The van der Waals surface area contributed by atoms with E-state index in [-0.39, 0.29) is 12.7 Å². The van der Waals surface area contributed by atoms with Crippen LogP contribution in [0.5, 0.6) is 5.75 Å². The monoisotopic (exact) mass is 468 g/mol. The summed E-state index contributed by atoms with van der Waals surface area (Å²) in [4.78, 5) is 11.7. The first kappa shape index (κ1) is 22.9. The number of ether oxygens (including phenoxy) is 1. The highest BCUT2D eigenvalue weighted by atomic mass is 16.5. The van der Waals surface area contributed by atoms with E-state index in [1.54, 1.807) is 30.1 Å². The highest BCUT2D eigenvalue weighted by Crippen LogP contribution is 2.37. The third kappa shape index (κ3) is 5.14. The summed E-state index contributed by atoms with van der Waals surface area (Å²) in [5.41, 5.74) is 3.04. The quantitative estimate of drug-likeness (QED) is 0.353. The van der Waals surface area contributed by atoms with Crippen molar-refractivity contribution in [1.82, 2.24) is 19.5 Å². The minimum atomic E-state index is -0.732. The number of rotatable bonds is 7. The number of H-pyrrole nitrogens is 1. The highest BCUT2D eigenvalue weighted by molar-refractivity contribution is 5.65. The predicted octanol–water partition coefficient (Wildman–Crippen LogP) is 4.24. The minimum absolute atomic E-state index is 0.167. The van der Waals surface area contributed by atoms with Crippen LogP contribution in [0, 0.1) is 11.8 Å². The van der Waals surface area contributed by atoms with Crippen LogP contribution in [0.25, 0.3) is 11.1 Å². The van der Waals surface area contributed by atoms with Crippen LogP contribution in [0.15, 0.2) is 73.3 Å². The summed E-state index contributed by atoms with van der Waals surface area (Å²) in [6, 6.07) is 15.7. The molecule has 0 aliphatic heterocycles. The molecule has 0 amide bonds. The first-order valence-electron chi connectivity index (χ1n) is 11.8. The highest BCUT2D eigenvalue weighted by Gasteiger charge is 2.33. The summed E-state index contributed by atoms with van der Waals surface area (Å²) < 4.78 is 7.81. The molecule has 2 aromatic carbocycles. The predicted molar refractivity (Wildman–Crippen MR) is 133 cm³/mol. The van der Waals surface area contributed by atoms with E-state index in [0.717, 1.165) is 41.1 Å². The average Bonchev–Trinajstić information content (AvgIpc) is 3.55. The molecule has 3 N–H and O–H groups in total. The maximum Gasteiger partial charge on any atom is 0.138 e. The number of aromatic nitrogens is 4. The van der Waals surface area contributed by atoms with Gasteiger partial charge in [-0.05, 0) is 55.2 Å². The fourth-order valence-corrected chi connectivity index (χ4v) is 4.33. The normalized spacial score (nSPS) is 18.7. The summed E-state index contributed by atoms with van der Waals surface area (Å²) >= 11 is 0. The zero-order chi connectivity index (χ0) is 24.2. The van der Waals surface area contributed by atoms with Gasteiger partial charge >= 0.3 is 0 Å². The lowest BCUT2D eigenvalue weighted by molar-refractivity contribution is 0.0956. The van der Waals surface area contributed by atoms with Gasteiger partial charge in [0.2, 0.25) is 0 Å². The van der Waals surface area contributed by atoms with Crippen molar-refractivity contribution >= 4 is 0 Å². The molecule has 0 spiro atoms. The second-order valence-electron chi connectivity index (χ2n) is 8.82. The molecule has 2 aromatic heterocycles. The Hall–Kier alpha value is -3.86. The van der Waals surface area contributed by atoms with Crippen molar-refractivity contribution in [3.05, 3.63) is 90.5 Å². The average molecular weight is 469 g/mol. The molecule has 2 atom stereocenters. The molecule has 0 unspecified atom stereocenters. The maximum atomic E-state index is 9.86. The SMILES string of the molecule is C[C@H](O)c1nccn1[C@@H](C#Cc1ccc(-c2ccc(OC3CC(c4ncc[nH]4)C3)cc2)cc1)CO. The maximum absolute atomic E-state index is 9.86. The lowest BCUT2D eigenvalue weighted by Gasteiger charge is -2.34. The van der Waals surface area contributed by atoms with E-state index >= 15 is 0 Å². The van der Waals surface area contributed by atoms with Gasteiger partial charge in [-0.15, -0.1) is 0 Å². The topological polar surface area (TPSA) is 96.2 Å². The van der Waals surface area contributed by atoms with Gasteiger partial charge < -0.3 is 24.5 Å². The van der Waals surface area contributed by atoms with Gasteiger partial charge in [-0.3, -0.25) is 0 Å². The Kier molecular flexibility index (Phi) is 6.66. The molecule has 1 fully saturated rings. The minimum Gasteiger partial charge on any atom is -0.490 e. The molecule has 35 heavy (non-hydrogen) atoms.